The Morgan fingerprint density at radius 3 is 2.17 bits per heavy atom. The van der Waals surface area contributed by atoms with Gasteiger partial charge in [0.05, 0.1) is 10.8 Å². The van der Waals surface area contributed by atoms with E-state index in [-0.39, 0.29) is 40.4 Å². The third-order valence-corrected chi connectivity index (χ3v) is 10.9. The average Bonchev–Trinajstić information content (AvgIpc) is 2.95. The Hall–Kier alpha value is -1.84. The molecule has 0 N–H and O–H groups in total. The van der Waals surface area contributed by atoms with Crippen LogP contribution in [0.4, 0.5) is 0 Å². The van der Waals surface area contributed by atoms with E-state index in [0.29, 0.717) is 19.3 Å². The molecule has 198 valence electrons. The predicted octanol–water partition coefficient (Wildman–Crippen LogP) is 6.86. The van der Waals surface area contributed by atoms with E-state index in [1.807, 2.05) is 13.8 Å². The zero-order chi connectivity index (χ0) is 27.1. The monoisotopic (exact) mass is 494 g/mol. The molecule has 0 aromatic heterocycles. The van der Waals surface area contributed by atoms with Crippen molar-refractivity contribution in [1.82, 2.24) is 0 Å². The fourth-order valence-corrected chi connectivity index (χ4v) is 8.73. The van der Waals surface area contributed by atoms with E-state index in [1.165, 1.54) is 5.57 Å². The van der Waals surface area contributed by atoms with Crippen LogP contribution in [-0.2, 0) is 19.2 Å². The van der Waals surface area contributed by atoms with Crippen molar-refractivity contribution in [3.8, 4) is 0 Å². The Balaban J connectivity index is 1.93. The molecule has 0 heterocycles. The third kappa shape index (κ3) is 3.18. The Morgan fingerprint density at radius 1 is 0.944 bits per heavy atom. The van der Waals surface area contributed by atoms with Gasteiger partial charge < -0.3 is 0 Å². The molecule has 4 nitrogen and oxygen atoms in total. The number of allylic oxidation sites excluding steroid dienone is 4. The molecule has 0 amide bonds. The van der Waals surface area contributed by atoms with Gasteiger partial charge in [-0.1, -0.05) is 64.8 Å². The molecule has 5 aliphatic carbocycles. The van der Waals surface area contributed by atoms with Crippen LogP contribution in [0.1, 0.15) is 107 Å². The van der Waals surface area contributed by atoms with Gasteiger partial charge in [-0.3, -0.25) is 19.2 Å². The molecule has 0 aromatic carbocycles. The van der Waals surface area contributed by atoms with Crippen molar-refractivity contribution < 1.29 is 19.2 Å². The summed E-state index contributed by atoms with van der Waals surface area (Å²) < 4.78 is 0. The van der Waals surface area contributed by atoms with E-state index in [4.69, 9.17) is 0 Å². The van der Waals surface area contributed by atoms with E-state index in [9.17, 15) is 19.2 Å². The van der Waals surface area contributed by atoms with E-state index in [0.717, 1.165) is 31.3 Å². The van der Waals surface area contributed by atoms with Gasteiger partial charge in [0.25, 0.3) is 0 Å². The summed E-state index contributed by atoms with van der Waals surface area (Å²) >= 11 is 0. The summed E-state index contributed by atoms with van der Waals surface area (Å²) in [6, 6.07) is 0. The lowest BCUT2D eigenvalue weighted by molar-refractivity contribution is -0.189. The highest BCUT2D eigenvalue weighted by Gasteiger charge is 2.85. The van der Waals surface area contributed by atoms with Gasteiger partial charge in [-0.15, -0.1) is 0 Å². The molecular weight excluding hydrogens is 448 g/mol. The molecule has 0 aliphatic heterocycles. The van der Waals surface area contributed by atoms with Crippen LogP contribution in [0.5, 0.6) is 0 Å². The minimum absolute atomic E-state index is 0.0306. The Kier molecular flexibility index (Phi) is 6.30. The number of Topliss-reactive ketones (excluding diaryl/α,β-unsaturated/α-hetero) is 4. The van der Waals surface area contributed by atoms with Crippen LogP contribution in [0.25, 0.3) is 0 Å². The number of rotatable bonds is 7. The summed E-state index contributed by atoms with van der Waals surface area (Å²) in [5.41, 5.74) is -2.77. The maximum absolute atomic E-state index is 14.8. The number of carbonyl (C=O) groups excluding carboxylic acids is 4. The van der Waals surface area contributed by atoms with Gasteiger partial charge in [-0.05, 0) is 88.4 Å². The standard InChI is InChI=1S/C32H46O4/c1-19(2)11-10-12-21(5)13-14-30-18-22-17-23-28(6,7)15-16-31(23,25(30)34)27(36)32(26(30)35,29(22,8)9)24(33)20(3)4/h11,13,20,22-23H,10,12,14-18H2,1-9H3/b21-13+/t22-,23+,30+,31-,32+/m0/s1. The first-order valence-electron chi connectivity index (χ1n) is 14.0. The summed E-state index contributed by atoms with van der Waals surface area (Å²) in [7, 11) is 0. The highest BCUT2D eigenvalue weighted by atomic mass is 16.2. The normalized spacial score (nSPS) is 38.4. The molecule has 5 aliphatic rings. The lowest BCUT2D eigenvalue weighted by Crippen LogP contribution is -2.75. The Bertz CT molecular complexity index is 1080. The Labute approximate surface area is 217 Å². The van der Waals surface area contributed by atoms with E-state index in [1.54, 1.807) is 13.8 Å². The first-order valence-corrected chi connectivity index (χ1v) is 14.0. The molecule has 0 aromatic rings. The minimum Gasteiger partial charge on any atom is -0.298 e. The van der Waals surface area contributed by atoms with Crippen molar-refractivity contribution in [3.05, 3.63) is 23.3 Å². The largest absolute Gasteiger partial charge is 0.298 e. The van der Waals surface area contributed by atoms with Crippen molar-refractivity contribution in [2.24, 2.45) is 44.8 Å². The summed E-state index contributed by atoms with van der Waals surface area (Å²) in [4.78, 5) is 58.4. The zero-order valence-corrected chi connectivity index (χ0v) is 24.0. The van der Waals surface area contributed by atoms with Gasteiger partial charge in [0.2, 0.25) is 0 Å². The highest BCUT2D eigenvalue weighted by molar-refractivity contribution is 6.40. The maximum atomic E-state index is 14.8. The summed E-state index contributed by atoms with van der Waals surface area (Å²) in [6.45, 7) is 18.1. The lowest BCUT2D eigenvalue weighted by atomic mass is 9.36. The van der Waals surface area contributed by atoms with E-state index >= 15 is 0 Å². The molecule has 5 atom stereocenters. The SMILES string of the molecule is CC(C)=CCC/C(C)=C/C[C@@]12C[C@@H]3C[C@@H]4C(C)(C)CC[C@]4(C1=O)C(=O)[C@@](C(=O)C(C)C)(C2=O)C3(C)C. The first kappa shape index (κ1) is 27.2. The average molecular weight is 495 g/mol. The lowest BCUT2D eigenvalue weighted by Gasteiger charge is -2.60. The second-order valence-corrected chi connectivity index (χ2v) is 14.3. The zero-order valence-electron chi connectivity index (χ0n) is 24.0. The quantitative estimate of drug-likeness (QED) is 0.286. The molecule has 5 rings (SSSR count). The molecule has 0 unspecified atom stereocenters. The number of hydrogen-bond donors (Lipinski definition) is 0. The minimum atomic E-state index is -1.73. The van der Waals surface area contributed by atoms with Crippen LogP contribution >= 0.6 is 0 Å². The second kappa shape index (κ2) is 8.33. The highest BCUT2D eigenvalue weighted by Crippen LogP contribution is 2.75. The maximum Gasteiger partial charge on any atom is 0.168 e. The second-order valence-electron chi connectivity index (χ2n) is 14.3. The molecule has 0 radical (unpaired) electrons. The van der Waals surface area contributed by atoms with E-state index < -0.39 is 27.6 Å². The van der Waals surface area contributed by atoms with E-state index in [2.05, 4.69) is 46.8 Å². The van der Waals surface area contributed by atoms with Crippen LogP contribution in [0.3, 0.4) is 0 Å². The first-order chi connectivity index (χ1) is 16.5. The molecule has 4 heteroatoms. The summed E-state index contributed by atoms with van der Waals surface area (Å²) in [6.07, 6.45) is 8.81. The smallest absolute Gasteiger partial charge is 0.168 e. The molecular formula is C32H46O4. The fraction of sp³-hybridized carbons (Fsp3) is 0.750. The van der Waals surface area contributed by atoms with Crippen LogP contribution in [-0.4, -0.2) is 23.1 Å². The summed E-state index contributed by atoms with van der Waals surface area (Å²) in [5.74, 6) is -1.74. The van der Waals surface area contributed by atoms with Crippen LogP contribution in [0.2, 0.25) is 0 Å². The van der Waals surface area contributed by atoms with Gasteiger partial charge in [-0.25, -0.2) is 0 Å². The number of ketones is 4. The summed E-state index contributed by atoms with van der Waals surface area (Å²) in [5, 5.41) is 0. The van der Waals surface area contributed by atoms with Gasteiger partial charge in [0, 0.05) is 5.92 Å². The van der Waals surface area contributed by atoms with Crippen LogP contribution < -0.4 is 0 Å². The fourth-order valence-electron chi connectivity index (χ4n) is 8.73. The molecule has 1 spiro atoms. The van der Waals surface area contributed by atoms with Crippen molar-refractivity contribution >= 4 is 23.1 Å². The Morgan fingerprint density at radius 2 is 1.58 bits per heavy atom. The van der Waals surface area contributed by atoms with Crippen molar-refractivity contribution in [2.45, 2.75) is 107 Å². The van der Waals surface area contributed by atoms with Gasteiger partial charge in [0.15, 0.2) is 28.5 Å². The van der Waals surface area contributed by atoms with Gasteiger partial charge in [-0.2, -0.15) is 0 Å². The van der Waals surface area contributed by atoms with Crippen molar-refractivity contribution in [1.29, 1.82) is 0 Å². The van der Waals surface area contributed by atoms with Gasteiger partial charge >= 0.3 is 0 Å². The van der Waals surface area contributed by atoms with Crippen molar-refractivity contribution in [3.63, 3.8) is 0 Å². The number of carbonyl (C=O) groups is 4. The van der Waals surface area contributed by atoms with Crippen LogP contribution in [0, 0.1) is 44.8 Å². The molecule has 36 heavy (non-hydrogen) atoms. The van der Waals surface area contributed by atoms with Crippen LogP contribution in [0.15, 0.2) is 23.3 Å². The van der Waals surface area contributed by atoms with Gasteiger partial charge in [0.1, 0.15) is 0 Å². The van der Waals surface area contributed by atoms with Crippen molar-refractivity contribution in [2.75, 3.05) is 0 Å². The molecule has 4 bridgehead atoms. The molecule has 0 saturated heterocycles. The molecule has 5 fully saturated rings. The predicted molar refractivity (Wildman–Crippen MR) is 142 cm³/mol. The molecule has 5 saturated carbocycles. The number of hydrogen-bond acceptors (Lipinski definition) is 4. The topological polar surface area (TPSA) is 68.3 Å². The third-order valence-electron chi connectivity index (χ3n) is 10.9.